The van der Waals surface area contributed by atoms with Crippen LogP contribution in [0.1, 0.15) is 15.9 Å². The zero-order valence-corrected chi connectivity index (χ0v) is 12.9. The zero-order valence-electron chi connectivity index (χ0n) is 12.9. The second-order valence-electron chi connectivity index (χ2n) is 5.08. The van der Waals surface area contributed by atoms with Crippen molar-refractivity contribution in [3.05, 3.63) is 66.2 Å². The normalized spacial score (nSPS) is 10.3. The second-order valence-corrected chi connectivity index (χ2v) is 5.08. The maximum absolute atomic E-state index is 12.3. The molecule has 0 fully saturated rings. The van der Waals surface area contributed by atoms with E-state index in [1.165, 1.54) is 6.39 Å². The zero-order chi connectivity index (χ0) is 16.2. The first-order valence-electron chi connectivity index (χ1n) is 7.12. The Kier molecular flexibility index (Phi) is 4.10. The number of amides is 1. The lowest BCUT2D eigenvalue weighted by atomic mass is 10.1. The highest BCUT2D eigenvalue weighted by atomic mass is 16.5. The smallest absolute Gasteiger partial charge is 0.255 e. The average molecular weight is 308 g/mol. The molecule has 0 bridgehead atoms. The van der Waals surface area contributed by atoms with Crippen LogP contribution in [0.5, 0.6) is 5.75 Å². The minimum atomic E-state index is -0.185. The number of rotatable bonds is 4. The fourth-order valence-electron chi connectivity index (χ4n) is 2.24. The molecule has 0 saturated carbocycles. The van der Waals surface area contributed by atoms with Crippen molar-refractivity contribution in [2.75, 3.05) is 12.4 Å². The van der Waals surface area contributed by atoms with Gasteiger partial charge in [0.25, 0.3) is 5.91 Å². The lowest BCUT2D eigenvalue weighted by Crippen LogP contribution is -2.12. The molecular formula is C18H16N2O3. The van der Waals surface area contributed by atoms with Gasteiger partial charge in [-0.25, -0.2) is 4.98 Å². The summed E-state index contributed by atoms with van der Waals surface area (Å²) in [6.45, 7) is 1.93. The van der Waals surface area contributed by atoms with Gasteiger partial charge in [0, 0.05) is 16.8 Å². The lowest BCUT2D eigenvalue weighted by Gasteiger charge is -2.09. The van der Waals surface area contributed by atoms with Crippen LogP contribution in [-0.2, 0) is 0 Å². The number of anilines is 1. The molecule has 0 aliphatic rings. The number of aryl methyl sites for hydroxylation is 1. The van der Waals surface area contributed by atoms with Gasteiger partial charge in [0.1, 0.15) is 5.75 Å². The number of carbonyl (C=O) groups is 1. The summed E-state index contributed by atoms with van der Waals surface area (Å²) in [6, 6.07) is 12.7. The molecule has 0 unspecified atom stereocenters. The maximum atomic E-state index is 12.3. The number of hydrogen-bond acceptors (Lipinski definition) is 4. The summed E-state index contributed by atoms with van der Waals surface area (Å²) in [5.41, 5.74) is 3.14. The standard InChI is InChI=1S/C18H16N2O3/c1-12-3-4-14(9-16(12)22-2)18(21)20-15-7-5-13(6-8-15)17-10-19-11-23-17/h3-11H,1-2H3,(H,20,21). The van der Waals surface area contributed by atoms with Crippen LogP contribution in [0.3, 0.4) is 0 Å². The van der Waals surface area contributed by atoms with Crippen LogP contribution in [0, 0.1) is 6.92 Å². The number of hydrogen-bond donors (Lipinski definition) is 1. The summed E-state index contributed by atoms with van der Waals surface area (Å²) in [5.74, 6) is 1.19. The van der Waals surface area contributed by atoms with Crippen LogP contribution in [0.2, 0.25) is 0 Å². The molecule has 1 amide bonds. The van der Waals surface area contributed by atoms with Gasteiger partial charge >= 0.3 is 0 Å². The third-order valence-electron chi connectivity index (χ3n) is 3.53. The Bertz CT molecular complexity index is 809. The summed E-state index contributed by atoms with van der Waals surface area (Å²) >= 11 is 0. The Hall–Kier alpha value is -3.08. The highest BCUT2D eigenvalue weighted by Crippen LogP contribution is 2.22. The number of benzene rings is 2. The van der Waals surface area contributed by atoms with Gasteiger partial charge < -0.3 is 14.5 Å². The van der Waals surface area contributed by atoms with E-state index in [2.05, 4.69) is 10.3 Å². The summed E-state index contributed by atoms with van der Waals surface area (Å²) in [4.78, 5) is 16.2. The molecule has 3 rings (SSSR count). The molecule has 0 spiro atoms. The van der Waals surface area contributed by atoms with Gasteiger partial charge in [-0.3, -0.25) is 4.79 Å². The molecule has 1 aromatic heterocycles. The number of carbonyl (C=O) groups excluding carboxylic acids is 1. The van der Waals surface area contributed by atoms with E-state index in [0.29, 0.717) is 22.8 Å². The van der Waals surface area contributed by atoms with Gasteiger partial charge in [-0.15, -0.1) is 0 Å². The van der Waals surface area contributed by atoms with Crippen molar-refractivity contribution in [2.45, 2.75) is 6.92 Å². The van der Waals surface area contributed by atoms with Gasteiger partial charge in [0.2, 0.25) is 0 Å². The Morgan fingerprint density at radius 2 is 1.96 bits per heavy atom. The Morgan fingerprint density at radius 1 is 1.17 bits per heavy atom. The first kappa shape index (κ1) is 14.8. The lowest BCUT2D eigenvalue weighted by molar-refractivity contribution is 0.102. The largest absolute Gasteiger partial charge is 0.496 e. The molecule has 1 heterocycles. The number of nitrogens with one attached hydrogen (secondary N) is 1. The molecule has 5 nitrogen and oxygen atoms in total. The molecule has 0 aliphatic carbocycles. The monoisotopic (exact) mass is 308 g/mol. The highest BCUT2D eigenvalue weighted by Gasteiger charge is 2.09. The molecule has 0 atom stereocenters. The van der Waals surface area contributed by atoms with Crippen molar-refractivity contribution in [2.24, 2.45) is 0 Å². The van der Waals surface area contributed by atoms with E-state index >= 15 is 0 Å². The van der Waals surface area contributed by atoms with Crippen molar-refractivity contribution in [3.63, 3.8) is 0 Å². The van der Waals surface area contributed by atoms with Gasteiger partial charge in [-0.2, -0.15) is 0 Å². The topological polar surface area (TPSA) is 64.4 Å². The van der Waals surface area contributed by atoms with Crippen LogP contribution < -0.4 is 10.1 Å². The fourth-order valence-corrected chi connectivity index (χ4v) is 2.24. The van der Waals surface area contributed by atoms with Gasteiger partial charge in [0.05, 0.1) is 13.3 Å². The van der Waals surface area contributed by atoms with Crippen LogP contribution in [0.15, 0.2) is 59.5 Å². The van der Waals surface area contributed by atoms with Crippen LogP contribution in [-0.4, -0.2) is 18.0 Å². The SMILES string of the molecule is COc1cc(C(=O)Nc2ccc(-c3cnco3)cc2)ccc1C. The number of nitrogens with zero attached hydrogens (tertiary/aromatic N) is 1. The maximum Gasteiger partial charge on any atom is 0.255 e. The Morgan fingerprint density at radius 3 is 2.61 bits per heavy atom. The van der Waals surface area contributed by atoms with Crippen LogP contribution in [0.4, 0.5) is 5.69 Å². The number of aromatic nitrogens is 1. The Labute approximate surface area is 133 Å². The molecule has 1 N–H and O–H groups in total. The predicted octanol–water partition coefficient (Wildman–Crippen LogP) is 3.91. The summed E-state index contributed by atoms with van der Waals surface area (Å²) in [6.07, 6.45) is 3.03. The third kappa shape index (κ3) is 3.23. The molecule has 5 heteroatoms. The van der Waals surface area contributed by atoms with E-state index in [4.69, 9.17) is 9.15 Å². The Balaban J connectivity index is 1.75. The fraction of sp³-hybridized carbons (Fsp3) is 0.111. The quantitative estimate of drug-likeness (QED) is 0.793. The molecule has 23 heavy (non-hydrogen) atoms. The van der Waals surface area contributed by atoms with Crippen LogP contribution >= 0.6 is 0 Å². The second kappa shape index (κ2) is 6.36. The van der Waals surface area contributed by atoms with E-state index in [9.17, 15) is 4.79 Å². The molecule has 0 radical (unpaired) electrons. The molecule has 0 aliphatic heterocycles. The average Bonchev–Trinajstić information content (AvgIpc) is 3.10. The summed E-state index contributed by atoms with van der Waals surface area (Å²) < 4.78 is 10.5. The van der Waals surface area contributed by atoms with E-state index in [-0.39, 0.29) is 5.91 Å². The van der Waals surface area contributed by atoms with Gasteiger partial charge in [0.15, 0.2) is 12.2 Å². The first-order chi connectivity index (χ1) is 11.2. The van der Waals surface area contributed by atoms with E-state index in [1.54, 1.807) is 25.4 Å². The van der Waals surface area contributed by atoms with E-state index in [1.807, 2.05) is 37.3 Å². The van der Waals surface area contributed by atoms with Crippen molar-refractivity contribution < 1.29 is 13.9 Å². The minimum absolute atomic E-state index is 0.185. The van der Waals surface area contributed by atoms with E-state index in [0.717, 1.165) is 11.1 Å². The highest BCUT2D eigenvalue weighted by molar-refractivity contribution is 6.04. The molecular weight excluding hydrogens is 292 g/mol. The molecule has 0 saturated heterocycles. The van der Waals surface area contributed by atoms with Gasteiger partial charge in [-0.1, -0.05) is 6.07 Å². The first-order valence-corrected chi connectivity index (χ1v) is 7.12. The summed E-state index contributed by atoms with van der Waals surface area (Å²) in [5, 5.41) is 2.86. The minimum Gasteiger partial charge on any atom is -0.496 e. The number of ether oxygens (including phenoxy) is 1. The molecule has 3 aromatic rings. The van der Waals surface area contributed by atoms with E-state index < -0.39 is 0 Å². The third-order valence-corrected chi connectivity index (χ3v) is 3.53. The van der Waals surface area contributed by atoms with Crippen molar-refractivity contribution in [1.82, 2.24) is 4.98 Å². The van der Waals surface area contributed by atoms with Crippen molar-refractivity contribution >= 4 is 11.6 Å². The number of oxazole rings is 1. The molecule has 2 aromatic carbocycles. The predicted molar refractivity (Wildman–Crippen MR) is 87.6 cm³/mol. The number of methoxy groups -OCH3 is 1. The van der Waals surface area contributed by atoms with Crippen molar-refractivity contribution in [3.8, 4) is 17.1 Å². The summed E-state index contributed by atoms with van der Waals surface area (Å²) in [7, 11) is 1.59. The van der Waals surface area contributed by atoms with Gasteiger partial charge in [-0.05, 0) is 48.9 Å². The van der Waals surface area contributed by atoms with Crippen molar-refractivity contribution in [1.29, 1.82) is 0 Å². The molecule has 116 valence electrons. The van der Waals surface area contributed by atoms with Crippen LogP contribution in [0.25, 0.3) is 11.3 Å².